The van der Waals surface area contributed by atoms with Crippen LogP contribution >= 0.6 is 0 Å². The van der Waals surface area contributed by atoms with Gasteiger partial charge in [0, 0.05) is 25.1 Å². The van der Waals surface area contributed by atoms with Crippen molar-refractivity contribution >= 4 is 0 Å². The lowest BCUT2D eigenvalue weighted by Gasteiger charge is -2.33. The maximum absolute atomic E-state index is 9.58. The highest BCUT2D eigenvalue weighted by molar-refractivity contribution is 4.88. The van der Waals surface area contributed by atoms with Crippen molar-refractivity contribution in [3.8, 4) is 0 Å². The summed E-state index contributed by atoms with van der Waals surface area (Å²) in [5, 5.41) is 9.58. The van der Waals surface area contributed by atoms with Crippen LogP contribution in [0.4, 0.5) is 0 Å². The van der Waals surface area contributed by atoms with Gasteiger partial charge >= 0.3 is 0 Å². The van der Waals surface area contributed by atoms with E-state index in [1.807, 2.05) is 0 Å². The average Bonchev–Trinajstić information content (AvgIpc) is 2.95. The lowest BCUT2D eigenvalue weighted by Crippen LogP contribution is -2.39. The zero-order valence-corrected chi connectivity index (χ0v) is 10.0. The third-order valence-electron chi connectivity index (χ3n) is 4.22. The molecule has 15 heavy (non-hydrogen) atoms. The Morgan fingerprint density at radius 3 is 2.40 bits per heavy atom. The second-order valence-corrected chi connectivity index (χ2v) is 5.64. The van der Waals surface area contributed by atoms with E-state index in [9.17, 15) is 5.11 Å². The molecule has 88 valence electrons. The first-order valence-corrected chi connectivity index (χ1v) is 6.61. The largest absolute Gasteiger partial charge is 0.396 e. The Hall–Kier alpha value is -0.0800. The Morgan fingerprint density at radius 2 is 1.93 bits per heavy atom. The summed E-state index contributed by atoms with van der Waals surface area (Å²) in [6, 6.07) is 0. The van der Waals surface area contributed by atoms with E-state index in [1.165, 1.54) is 45.1 Å². The Bertz CT molecular complexity index is 195. The summed E-state index contributed by atoms with van der Waals surface area (Å²) in [5.74, 6) is 0.974. The fraction of sp³-hybridized carbons (Fsp3) is 1.00. The lowest BCUT2D eigenvalue weighted by atomic mass is 9.86. The van der Waals surface area contributed by atoms with E-state index < -0.39 is 0 Å². The van der Waals surface area contributed by atoms with Crippen LogP contribution in [0.3, 0.4) is 0 Å². The molecule has 0 aliphatic heterocycles. The van der Waals surface area contributed by atoms with Gasteiger partial charge in [0.15, 0.2) is 0 Å². The minimum Gasteiger partial charge on any atom is -0.396 e. The van der Waals surface area contributed by atoms with Gasteiger partial charge in [-0.15, -0.1) is 0 Å². The Kier molecular flexibility index (Phi) is 3.68. The molecular weight excluding hydrogens is 186 g/mol. The van der Waals surface area contributed by atoms with Crippen LogP contribution in [-0.2, 0) is 0 Å². The number of hydrogen-bond acceptors (Lipinski definition) is 2. The van der Waals surface area contributed by atoms with Crippen LogP contribution in [0.1, 0.15) is 45.4 Å². The minimum atomic E-state index is 0.255. The van der Waals surface area contributed by atoms with Crippen LogP contribution in [0.5, 0.6) is 0 Å². The molecule has 0 aromatic rings. The van der Waals surface area contributed by atoms with E-state index in [1.54, 1.807) is 0 Å². The highest BCUT2D eigenvalue weighted by Gasteiger charge is 2.35. The lowest BCUT2D eigenvalue weighted by molar-refractivity contribution is 0.0785. The van der Waals surface area contributed by atoms with E-state index in [4.69, 9.17) is 0 Å². The van der Waals surface area contributed by atoms with E-state index in [2.05, 4.69) is 11.8 Å². The van der Waals surface area contributed by atoms with Crippen molar-refractivity contribution in [3.63, 3.8) is 0 Å². The van der Waals surface area contributed by atoms with Gasteiger partial charge in [-0.25, -0.2) is 0 Å². The van der Waals surface area contributed by atoms with Crippen LogP contribution in [0.2, 0.25) is 0 Å². The zero-order valence-electron chi connectivity index (χ0n) is 10.0. The van der Waals surface area contributed by atoms with Crippen LogP contribution in [0.15, 0.2) is 0 Å². The molecule has 2 heteroatoms. The van der Waals surface area contributed by atoms with Gasteiger partial charge in [-0.1, -0.05) is 19.8 Å². The molecule has 0 bridgehead atoms. The molecule has 2 saturated carbocycles. The molecule has 0 aromatic carbocycles. The molecule has 0 atom stereocenters. The molecule has 1 N–H and O–H groups in total. The summed E-state index contributed by atoms with van der Waals surface area (Å²) in [7, 11) is 0. The smallest absolute Gasteiger partial charge is 0.0499 e. The molecule has 0 unspecified atom stereocenters. The van der Waals surface area contributed by atoms with E-state index >= 15 is 0 Å². The van der Waals surface area contributed by atoms with Crippen molar-refractivity contribution in [1.82, 2.24) is 4.90 Å². The molecule has 2 nitrogen and oxygen atoms in total. The van der Waals surface area contributed by atoms with Gasteiger partial charge in [0.25, 0.3) is 0 Å². The molecule has 0 aromatic heterocycles. The van der Waals surface area contributed by atoms with Gasteiger partial charge in [-0.3, -0.25) is 0 Å². The molecule has 2 fully saturated rings. The summed E-state index contributed by atoms with van der Waals surface area (Å²) < 4.78 is 0. The quantitative estimate of drug-likeness (QED) is 0.728. The molecule has 2 aliphatic carbocycles. The molecule has 0 radical (unpaired) electrons. The van der Waals surface area contributed by atoms with Crippen molar-refractivity contribution in [2.45, 2.75) is 45.4 Å². The van der Waals surface area contributed by atoms with Crippen LogP contribution in [0, 0.1) is 11.3 Å². The Morgan fingerprint density at radius 1 is 1.27 bits per heavy atom. The third-order valence-corrected chi connectivity index (χ3v) is 4.22. The van der Waals surface area contributed by atoms with Crippen molar-refractivity contribution in [2.24, 2.45) is 11.3 Å². The predicted octanol–water partition coefficient (Wildman–Crippen LogP) is 2.27. The van der Waals surface area contributed by atoms with Crippen LogP contribution < -0.4 is 0 Å². The average molecular weight is 211 g/mol. The number of aliphatic hydroxyl groups is 1. The van der Waals surface area contributed by atoms with Crippen molar-refractivity contribution in [1.29, 1.82) is 0 Å². The minimum absolute atomic E-state index is 0.255. The van der Waals surface area contributed by atoms with E-state index in [-0.39, 0.29) is 5.41 Å². The highest BCUT2D eigenvalue weighted by Crippen LogP contribution is 2.39. The number of nitrogens with zero attached hydrogens (tertiary/aromatic N) is 1. The van der Waals surface area contributed by atoms with Crippen molar-refractivity contribution < 1.29 is 5.11 Å². The first-order valence-electron chi connectivity index (χ1n) is 6.61. The predicted molar refractivity (Wildman–Crippen MR) is 62.8 cm³/mol. The zero-order chi connectivity index (χ0) is 10.7. The summed E-state index contributed by atoms with van der Waals surface area (Å²) in [4.78, 5) is 2.57. The summed E-state index contributed by atoms with van der Waals surface area (Å²) in [5.41, 5.74) is 0.255. The number of aliphatic hydroxyl groups excluding tert-OH is 1. The topological polar surface area (TPSA) is 23.5 Å². The molecule has 2 rings (SSSR count). The molecule has 0 spiro atoms. The van der Waals surface area contributed by atoms with Crippen molar-refractivity contribution in [3.05, 3.63) is 0 Å². The normalized spacial score (nSPS) is 25.0. The maximum atomic E-state index is 9.58. The van der Waals surface area contributed by atoms with Gasteiger partial charge in [0.1, 0.15) is 0 Å². The van der Waals surface area contributed by atoms with Crippen LogP contribution in [-0.4, -0.2) is 36.2 Å². The van der Waals surface area contributed by atoms with Crippen molar-refractivity contribution in [2.75, 3.05) is 26.2 Å². The standard InChI is InChI=1S/C13H25NO/c1-2-14(9-12-5-6-12)10-13(11-15)7-3-4-8-13/h12,15H,2-11H2,1H3. The van der Waals surface area contributed by atoms with Gasteiger partial charge in [0.2, 0.25) is 0 Å². The monoisotopic (exact) mass is 211 g/mol. The van der Waals surface area contributed by atoms with Gasteiger partial charge < -0.3 is 10.0 Å². The fourth-order valence-corrected chi connectivity index (χ4v) is 2.94. The van der Waals surface area contributed by atoms with Gasteiger partial charge in [-0.05, 0) is 38.1 Å². The molecule has 2 aliphatic rings. The SMILES string of the molecule is CCN(CC1CC1)CC1(CO)CCCC1. The molecule has 0 amide bonds. The van der Waals surface area contributed by atoms with Gasteiger partial charge in [0.05, 0.1) is 0 Å². The first kappa shape index (κ1) is 11.4. The first-order chi connectivity index (χ1) is 7.28. The Labute approximate surface area is 93.7 Å². The van der Waals surface area contributed by atoms with E-state index in [0.29, 0.717) is 6.61 Å². The molecular formula is C13H25NO. The molecule has 0 heterocycles. The second kappa shape index (κ2) is 4.84. The maximum Gasteiger partial charge on any atom is 0.0499 e. The summed E-state index contributed by atoms with van der Waals surface area (Å²) >= 11 is 0. The highest BCUT2D eigenvalue weighted by atomic mass is 16.3. The van der Waals surface area contributed by atoms with E-state index in [0.717, 1.165) is 19.0 Å². The number of hydrogen-bond donors (Lipinski definition) is 1. The molecule has 0 saturated heterocycles. The fourth-order valence-electron chi connectivity index (χ4n) is 2.94. The summed E-state index contributed by atoms with van der Waals surface area (Å²) in [6.45, 7) is 6.21. The number of rotatable bonds is 6. The Balaban J connectivity index is 1.84. The second-order valence-electron chi connectivity index (χ2n) is 5.64. The third kappa shape index (κ3) is 2.94. The van der Waals surface area contributed by atoms with Crippen LogP contribution in [0.25, 0.3) is 0 Å². The summed E-state index contributed by atoms with van der Waals surface area (Å²) in [6.07, 6.45) is 7.99. The van der Waals surface area contributed by atoms with Gasteiger partial charge in [-0.2, -0.15) is 0 Å².